The lowest BCUT2D eigenvalue weighted by molar-refractivity contribution is 0.297. The molecule has 0 amide bonds. The van der Waals surface area contributed by atoms with Crippen LogP contribution in [0.1, 0.15) is 19.2 Å². The van der Waals surface area contributed by atoms with Gasteiger partial charge in [0.15, 0.2) is 11.5 Å². The second-order valence-electron chi connectivity index (χ2n) is 4.33. The second-order valence-corrected chi connectivity index (χ2v) is 4.33. The van der Waals surface area contributed by atoms with Gasteiger partial charge in [0, 0.05) is 18.6 Å². The third kappa shape index (κ3) is 2.13. The van der Waals surface area contributed by atoms with Crippen molar-refractivity contribution in [3.05, 3.63) is 18.0 Å². The fraction of sp³-hybridized carbons (Fsp3) is 0.462. The van der Waals surface area contributed by atoms with Crippen molar-refractivity contribution in [1.29, 1.82) is 0 Å². The van der Waals surface area contributed by atoms with E-state index in [2.05, 4.69) is 22.2 Å². The van der Waals surface area contributed by atoms with Crippen molar-refractivity contribution >= 4 is 11.0 Å². The minimum absolute atomic E-state index is 0.702. The molecule has 1 aliphatic heterocycles. The zero-order valence-electron chi connectivity index (χ0n) is 10.5. The Morgan fingerprint density at radius 1 is 1.28 bits per heavy atom. The zero-order chi connectivity index (χ0) is 12.4. The summed E-state index contributed by atoms with van der Waals surface area (Å²) >= 11 is 0. The van der Waals surface area contributed by atoms with Gasteiger partial charge in [-0.05, 0) is 6.54 Å². The maximum Gasteiger partial charge on any atom is 0.163 e. The van der Waals surface area contributed by atoms with Gasteiger partial charge in [-0.2, -0.15) is 0 Å². The number of nitrogens with zero attached hydrogens (tertiary/aromatic N) is 1. The Kier molecular flexibility index (Phi) is 3.06. The molecular formula is C13H17N3O2. The molecule has 2 heterocycles. The number of imidazole rings is 1. The van der Waals surface area contributed by atoms with Crippen LogP contribution in [0.2, 0.25) is 0 Å². The summed E-state index contributed by atoms with van der Waals surface area (Å²) < 4.78 is 11.3. The van der Waals surface area contributed by atoms with E-state index in [1.54, 1.807) is 0 Å². The van der Waals surface area contributed by atoms with Crippen molar-refractivity contribution in [1.82, 2.24) is 15.3 Å². The first-order chi connectivity index (χ1) is 8.86. The maximum absolute atomic E-state index is 5.66. The molecule has 1 aromatic heterocycles. The lowest BCUT2D eigenvalue weighted by Gasteiger charge is -2.05. The molecule has 96 valence electrons. The smallest absolute Gasteiger partial charge is 0.163 e. The second kappa shape index (κ2) is 4.86. The molecular weight excluding hydrogens is 230 g/mol. The number of nitrogens with one attached hydrogen (secondary N) is 2. The van der Waals surface area contributed by atoms with Crippen molar-refractivity contribution in [3.63, 3.8) is 0 Å². The van der Waals surface area contributed by atoms with E-state index < -0.39 is 0 Å². The van der Waals surface area contributed by atoms with Gasteiger partial charge in [-0.15, -0.1) is 0 Å². The summed E-state index contributed by atoms with van der Waals surface area (Å²) in [6.45, 7) is 5.16. The van der Waals surface area contributed by atoms with Crippen LogP contribution in [0.15, 0.2) is 12.1 Å². The maximum atomic E-state index is 5.66. The van der Waals surface area contributed by atoms with Crippen LogP contribution >= 0.6 is 0 Å². The average Bonchev–Trinajstić information content (AvgIpc) is 2.62. The monoisotopic (exact) mass is 247 g/mol. The minimum atomic E-state index is 0.702. The summed E-state index contributed by atoms with van der Waals surface area (Å²) in [6, 6.07) is 3.92. The lowest BCUT2D eigenvalue weighted by Crippen LogP contribution is -2.12. The highest BCUT2D eigenvalue weighted by atomic mass is 16.5. The van der Waals surface area contributed by atoms with Gasteiger partial charge in [-0.1, -0.05) is 6.92 Å². The number of rotatable bonds is 3. The predicted molar refractivity (Wildman–Crippen MR) is 69.1 cm³/mol. The number of ether oxygens (including phenoxy) is 2. The SMILES string of the molecule is CCNCc1nc2cc3c(cc2[nH]1)OCCCO3. The molecule has 0 aliphatic carbocycles. The highest BCUT2D eigenvalue weighted by Gasteiger charge is 2.13. The molecule has 2 aromatic rings. The molecule has 0 radical (unpaired) electrons. The molecule has 0 saturated carbocycles. The topological polar surface area (TPSA) is 59.2 Å². The molecule has 0 fully saturated rings. The largest absolute Gasteiger partial charge is 0.489 e. The van der Waals surface area contributed by atoms with Crippen LogP contribution in [0.4, 0.5) is 0 Å². The van der Waals surface area contributed by atoms with Crippen molar-refractivity contribution in [3.8, 4) is 11.5 Å². The third-order valence-corrected chi connectivity index (χ3v) is 2.94. The van der Waals surface area contributed by atoms with E-state index in [0.717, 1.165) is 47.9 Å². The molecule has 5 nitrogen and oxygen atoms in total. The van der Waals surface area contributed by atoms with Gasteiger partial charge in [-0.25, -0.2) is 4.98 Å². The Bertz CT molecular complexity index is 507. The summed E-state index contributed by atoms with van der Waals surface area (Å²) in [5.41, 5.74) is 1.92. The molecule has 5 heteroatoms. The Morgan fingerprint density at radius 2 is 2.06 bits per heavy atom. The Morgan fingerprint density at radius 3 is 2.83 bits per heavy atom. The quantitative estimate of drug-likeness (QED) is 0.868. The van der Waals surface area contributed by atoms with Crippen LogP contribution in [0, 0.1) is 0 Å². The zero-order valence-corrected chi connectivity index (χ0v) is 10.5. The number of H-pyrrole nitrogens is 1. The van der Waals surface area contributed by atoms with Gasteiger partial charge >= 0.3 is 0 Å². The Hall–Kier alpha value is -1.75. The van der Waals surface area contributed by atoms with E-state index in [0.29, 0.717) is 13.2 Å². The lowest BCUT2D eigenvalue weighted by atomic mass is 10.3. The van der Waals surface area contributed by atoms with E-state index in [1.165, 1.54) is 0 Å². The van der Waals surface area contributed by atoms with Crippen LogP contribution in [-0.2, 0) is 6.54 Å². The normalized spacial score (nSPS) is 14.7. The fourth-order valence-corrected chi connectivity index (χ4v) is 2.05. The van der Waals surface area contributed by atoms with Crippen LogP contribution in [0.5, 0.6) is 11.5 Å². The molecule has 1 aliphatic rings. The van der Waals surface area contributed by atoms with Crippen molar-refractivity contribution in [2.75, 3.05) is 19.8 Å². The van der Waals surface area contributed by atoms with Gasteiger partial charge < -0.3 is 19.8 Å². The molecule has 18 heavy (non-hydrogen) atoms. The van der Waals surface area contributed by atoms with Gasteiger partial charge in [0.2, 0.25) is 0 Å². The predicted octanol–water partition coefficient (Wildman–Crippen LogP) is 1.83. The number of aromatic amines is 1. The number of fused-ring (bicyclic) bond motifs is 2. The van der Waals surface area contributed by atoms with E-state index in [-0.39, 0.29) is 0 Å². The summed E-state index contributed by atoms with van der Waals surface area (Å²) in [5.74, 6) is 2.53. The van der Waals surface area contributed by atoms with E-state index in [1.807, 2.05) is 12.1 Å². The van der Waals surface area contributed by atoms with Gasteiger partial charge in [0.1, 0.15) is 5.82 Å². The van der Waals surface area contributed by atoms with Gasteiger partial charge in [0.05, 0.1) is 30.8 Å². The van der Waals surface area contributed by atoms with Crippen LogP contribution in [-0.4, -0.2) is 29.7 Å². The Balaban J connectivity index is 1.96. The van der Waals surface area contributed by atoms with Crippen LogP contribution < -0.4 is 14.8 Å². The summed E-state index contributed by atoms with van der Waals surface area (Å²) in [6.07, 6.45) is 0.918. The minimum Gasteiger partial charge on any atom is -0.489 e. The van der Waals surface area contributed by atoms with Gasteiger partial charge in [0.25, 0.3) is 0 Å². The molecule has 3 rings (SSSR count). The van der Waals surface area contributed by atoms with Gasteiger partial charge in [-0.3, -0.25) is 0 Å². The van der Waals surface area contributed by atoms with Crippen LogP contribution in [0.3, 0.4) is 0 Å². The molecule has 2 N–H and O–H groups in total. The standard InChI is InChI=1S/C13H17N3O2/c1-2-14-8-13-15-9-6-11-12(7-10(9)16-13)18-5-3-4-17-11/h6-7,14H,2-5,8H2,1H3,(H,15,16). The highest BCUT2D eigenvalue weighted by Crippen LogP contribution is 2.33. The van der Waals surface area contributed by atoms with Crippen molar-refractivity contribution < 1.29 is 9.47 Å². The van der Waals surface area contributed by atoms with E-state index >= 15 is 0 Å². The first-order valence-corrected chi connectivity index (χ1v) is 6.36. The van der Waals surface area contributed by atoms with Crippen LogP contribution in [0.25, 0.3) is 11.0 Å². The number of aromatic nitrogens is 2. The molecule has 0 spiro atoms. The molecule has 0 bridgehead atoms. The summed E-state index contributed by atoms with van der Waals surface area (Å²) in [7, 11) is 0. The number of hydrogen-bond donors (Lipinski definition) is 2. The highest BCUT2D eigenvalue weighted by molar-refractivity contribution is 5.79. The van der Waals surface area contributed by atoms with E-state index in [9.17, 15) is 0 Å². The molecule has 1 aromatic carbocycles. The molecule has 0 unspecified atom stereocenters. The summed E-state index contributed by atoms with van der Waals surface area (Å²) in [4.78, 5) is 7.83. The first-order valence-electron chi connectivity index (χ1n) is 6.36. The average molecular weight is 247 g/mol. The molecule has 0 atom stereocenters. The fourth-order valence-electron chi connectivity index (χ4n) is 2.05. The van der Waals surface area contributed by atoms with E-state index in [4.69, 9.17) is 9.47 Å². The summed E-state index contributed by atoms with van der Waals surface area (Å²) in [5, 5.41) is 3.25. The first kappa shape index (κ1) is 11.3. The van der Waals surface area contributed by atoms with Crippen molar-refractivity contribution in [2.24, 2.45) is 0 Å². The third-order valence-electron chi connectivity index (χ3n) is 2.94. The number of hydrogen-bond acceptors (Lipinski definition) is 4. The van der Waals surface area contributed by atoms with Crippen molar-refractivity contribution in [2.45, 2.75) is 19.9 Å². The molecule has 0 saturated heterocycles. The Labute approximate surface area is 106 Å². The number of benzene rings is 1.